The summed E-state index contributed by atoms with van der Waals surface area (Å²) in [6, 6.07) is 2.15. The molecule has 2 rings (SSSR count). The van der Waals surface area contributed by atoms with Gasteiger partial charge < -0.3 is 15.3 Å². The Kier molecular flexibility index (Phi) is 4.42. The molecular weight excluding hydrogens is 226 g/mol. The standard InChI is InChI=1S/C14H23N3O/c1-3-5-16-13-7-14(9-15-8-13)17-6-4-12(10-17)11(2)18/h7-9,11-12,16,18H,3-6,10H2,1-2H3. The zero-order valence-electron chi connectivity index (χ0n) is 11.3. The molecule has 2 unspecified atom stereocenters. The average molecular weight is 249 g/mol. The summed E-state index contributed by atoms with van der Waals surface area (Å²) in [4.78, 5) is 6.59. The van der Waals surface area contributed by atoms with Gasteiger partial charge >= 0.3 is 0 Å². The number of hydrogen-bond acceptors (Lipinski definition) is 4. The lowest BCUT2D eigenvalue weighted by atomic mass is 10.0. The lowest BCUT2D eigenvalue weighted by molar-refractivity contribution is 0.136. The van der Waals surface area contributed by atoms with E-state index in [4.69, 9.17) is 0 Å². The van der Waals surface area contributed by atoms with E-state index in [1.54, 1.807) is 0 Å². The van der Waals surface area contributed by atoms with Crippen LogP contribution in [0.4, 0.5) is 11.4 Å². The van der Waals surface area contributed by atoms with Gasteiger partial charge in [-0.05, 0) is 25.8 Å². The van der Waals surface area contributed by atoms with Crippen molar-refractivity contribution in [3.05, 3.63) is 18.5 Å². The first-order chi connectivity index (χ1) is 8.70. The van der Waals surface area contributed by atoms with Gasteiger partial charge in [-0.1, -0.05) is 6.92 Å². The van der Waals surface area contributed by atoms with E-state index in [1.807, 2.05) is 19.3 Å². The Morgan fingerprint density at radius 2 is 2.39 bits per heavy atom. The van der Waals surface area contributed by atoms with Gasteiger partial charge in [-0.25, -0.2) is 0 Å². The Labute approximate surface area is 109 Å². The van der Waals surface area contributed by atoms with Crippen molar-refractivity contribution < 1.29 is 5.11 Å². The zero-order chi connectivity index (χ0) is 13.0. The predicted molar refractivity (Wildman–Crippen MR) is 75.0 cm³/mol. The van der Waals surface area contributed by atoms with Crippen molar-refractivity contribution in [2.75, 3.05) is 29.9 Å². The van der Waals surface area contributed by atoms with Gasteiger partial charge in [0.25, 0.3) is 0 Å². The first kappa shape index (κ1) is 13.1. The lowest BCUT2D eigenvalue weighted by Crippen LogP contribution is -2.24. The Balaban J connectivity index is 2.01. The highest BCUT2D eigenvalue weighted by molar-refractivity contribution is 5.56. The highest BCUT2D eigenvalue weighted by Crippen LogP contribution is 2.26. The molecule has 2 heterocycles. The van der Waals surface area contributed by atoms with E-state index in [0.29, 0.717) is 5.92 Å². The Hall–Kier alpha value is -1.29. The summed E-state index contributed by atoms with van der Waals surface area (Å²) in [6.07, 6.45) is 5.72. The molecule has 2 atom stereocenters. The fourth-order valence-electron chi connectivity index (χ4n) is 2.38. The minimum atomic E-state index is -0.218. The molecule has 0 saturated carbocycles. The minimum absolute atomic E-state index is 0.218. The van der Waals surface area contributed by atoms with Crippen LogP contribution in [-0.4, -0.2) is 35.8 Å². The van der Waals surface area contributed by atoms with Gasteiger partial charge in [-0.15, -0.1) is 0 Å². The van der Waals surface area contributed by atoms with Crippen molar-refractivity contribution in [1.29, 1.82) is 0 Å². The number of pyridine rings is 1. The maximum atomic E-state index is 9.63. The SMILES string of the molecule is CCCNc1cncc(N2CCC(C(C)O)C2)c1. The molecule has 1 aromatic heterocycles. The van der Waals surface area contributed by atoms with Crippen molar-refractivity contribution in [1.82, 2.24) is 4.98 Å². The lowest BCUT2D eigenvalue weighted by Gasteiger charge is -2.20. The van der Waals surface area contributed by atoms with Crippen LogP contribution in [0.3, 0.4) is 0 Å². The Morgan fingerprint density at radius 1 is 1.56 bits per heavy atom. The quantitative estimate of drug-likeness (QED) is 0.839. The van der Waals surface area contributed by atoms with E-state index >= 15 is 0 Å². The molecule has 0 amide bonds. The second kappa shape index (κ2) is 6.05. The van der Waals surface area contributed by atoms with Gasteiger partial charge in [0, 0.05) is 25.6 Å². The summed E-state index contributed by atoms with van der Waals surface area (Å²) in [5, 5.41) is 13.0. The Morgan fingerprint density at radius 3 is 3.06 bits per heavy atom. The molecule has 0 spiro atoms. The third kappa shape index (κ3) is 3.13. The monoisotopic (exact) mass is 249 g/mol. The number of anilines is 2. The summed E-state index contributed by atoms with van der Waals surface area (Å²) < 4.78 is 0. The molecule has 4 nitrogen and oxygen atoms in total. The molecule has 0 radical (unpaired) electrons. The van der Waals surface area contributed by atoms with Crippen LogP contribution in [0, 0.1) is 5.92 Å². The molecule has 0 aliphatic carbocycles. The number of hydrogen-bond donors (Lipinski definition) is 2. The van der Waals surface area contributed by atoms with Crippen LogP contribution in [0.2, 0.25) is 0 Å². The predicted octanol–water partition coefficient (Wildman–Crippen LogP) is 2.11. The maximum absolute atomic E-state index is 9.63. The van der Waals surface area contributed by atoms with Gasteiger partial charge in [0.15, 0.2) is 0 Å². The number of aliphatic hydroxyl groups is 1. The van der Waals surface area contributed by atoms with E-state index in [1.165, 1.54) is 0 Å². The molecule has 1 fully saturated rings. The number of nitrogens with one attached hydrogen (secondary N) is 1. The van der Waals surface area contributed by atoms with E-state index in [-0.39, 0.29) is 6.10 Å². The highest BCUT2D eigenvalue weighted by Gasteiger charge is 2.26. The second-order valence-electron chi connectivity index (χ2n) is 5.09. The van der Waals surface area contributed by atoms with Crippen LogP contribution in [0.5, 0.6) is 0 Å². The largest absolute Gasteiger partial charge is 0.393 e. The van der Waals surface area contributed by atoms with Crippen molar-refractivity contribution >= 4 is 11.4 Å². The first-order valence-electron chi connectivity index (χ1n) is 6.82. The summed E-state index contributed by atoms with van der Waals surface area (Å²) in [5.74, 6) is 0.386. The van der Waals surface area contributed by atoms with Crippen LogP contribution in [0.25, 0.3) is 0 Å². The minimum Gasteiger partial charge on any atom is -0.393 e. The molecule has 18 heavy (non-hydrogen) atoms. The molecule has 4 heteroatoms. The van der Waals surface area contributed by atoms with Crippen molar-refractivity contribution in [2.45, 2.75) is 32.8 Å². The van der Waals surface area contributed by atoms with Crippen LogP contribution >= 0.6 is 0 Å². The molecule has 1 aliphatic rings. The fraction of sp³-hybridized carbons (Fsp3) is 0.643. The number of rotatable bonds is 5. The van der Waals surface area contributed by atoms with Crippen LogP contribution < -0.4 is 10.2 Å². The average Bonchev–Trinajstić information content (AvgIpc) is 2.86. The summed E-state index contributed by atoms with van der Waals surface area (Å²) in [7, 11) is 0. The van der Waals surface area contributed by atoms with Crippen LogP contribution in [0.1, 0.15) is 26.7 Å². The molecule has 1 saturated heterocycles. The topological polar surface area (TPSA) is 48.4 Å². The van der Waals surface area contributed by atoms with E-state index in [0.717, 1.165) is 43.9 Å². The molecular formula is C14H23N3O. The number of aromatic nitrogens is 1. The van der Waals surface area contributed by atoms with Gasteiger partial charge in [-0.2, -0.15) is 0 Å². The third-order valence-electron chi connectivity index (χ3n) is 3.58. The molecule has 1 aliphatic heterocycles. The van der Waals surface area contributed by atoms with E-state index in [9.17, 15) is 5.11 Å². The Bertz CT molecular complexity index is 381. The fourth-order valence-corrected chi connectivity index (χ4v) is 2.38. The number of aliphatic hydroxyl groups excluding tert-OH is 1. The summed E-state index contributed by atoms with van der Waals surface area (Å²) in [6.45, 7) is 6.94. The molecule has 1 aromatic rings. The maximum Gasteiger partial charge on any atom is 0.0573 e. The van der Waals surface area contributed by atoms with Crippen molar-refractivity contribution in [3.63, 3.8) is 0 Å². The third-order valence-corrected chi connectivity index (χ3v) is 3.58. The number of nitrogens with zero attached hydrogens (tertiary/aromatic N) is 2. The van der Waals surface area contributed by atoms with Crippen LogP contribution in [-0.2, 0) is 0 Å². The first-order valence-corrected chi connectivity index (χ1v) is 6.82. The van der Waals surface area contributed by atoms with Gasteiger partial charge in [0.2, 0.25) is 0 Å². The van der Waals surface area contributed by atoms with Crippen LogP contribution in [0.15, 0.2) is 18.5 Å². The molecule has 0 aromatic carbocycles. The molecule has 2 N–H and O–H groups in total. The van der Waals surface area contributed by atoms with Crippen molar-refractivity contribution in [3.8, 4) is 0 Å². The summed E-state index contributed by atoms with van der Waals surface area (Å²) >= 11 is 0. The van der Waals surface area contributed by atoms with E-state index in [2.05, 4.69) is 28.2 Å². The van der Waals surface area contributed by atoms with Crippen molar-refractivity contribution in [2.24, 2.45) is 5.92 Å². The van der Waals surface area contributed by atoms with Gasteiger partial charge in [-0.3, -0.25) is 4.98 Å². The summed E-state index contributed by atoms with van der Waals surface area (Å²) in [5.41, 5.74) is 2.23. The second-order valence-corrected chi connectivity index (χ2v) is 5.09. The van der Waals surface area contributed by atoms with Gasteiger partial charge in [0.1, 0.15) is 0 Å². The zero-order valence-corrected chi connectivity index (χ0v) is 11.3. The highest BCUT2D eigenvalue weighted by atomic mass is 16.3. The molecule has 0 bridgehead atoms. The molecule has 100 valence electrons. The normalized spacial score (nSPS) is 21.1. The smallest absolute Gasteiger partial charge is 0.0573 e. The van der Waals surface area contributed by atoms with E-state index < -0.39 is 0 Å². The van der Waals surface area contributed by atoms with Gasteiger partial charge in [0.05, 0.1) is 29.9 Å².